The lowest BCUT2D eigenvalue weighted by Gasteiger charge is -2.33. The summed E-state index contributed by atoms with van der Waals surface area (Å²) in [4.78, 5) is 11.6. The van der Waals surface area contributed by atoms with Crippen LogP contribution in [0.1, 0.15) is 47.5 Å². The van der Waals surface area contributed by atoms with Gasteiger partial charge in [-0.2, -0.15) is 0 Å². The fourth-order valence-corrected chi connectivity index (χ4v) is 2.27. The van der Waals surface area contributed by atoms with E-state index in [-0.39, 0.29) is 6.09 Å². The van der Waals surface area contributed by atoms with Crippen molar-refractivity contribution in [1.82, 2.24) is 10.6 Å². The molecule has 0 saturated carbocycles. The first-order valence-corrected chi connectivity index (χ1v) is 6.98. The molecule has 1 saturated heterocycles. The van der Waals surface area contributed by atoms with E-state index < -0.39 is 5.60 Å². The zero-order chi connectivity index (χ0) is 13.8. The van der Waals surface area contributed by atoms with Crippen molar-refractivity contribution in [1.29, 1.82) is 0 Å². The van der Waals surface area contributed by atoms with Gasteiger partial charge in [-0.1, -0.05) is 13.8 Å². The Labute approximate surface area is 111 Å². The molecule has 0 aromatic rings. The van der Waals surface area contributed by atoms with Gasteiger partial charge in [0, 0.05) is 12.6 Å². The molecule has 1 aliphatic heterocycles. The van der Waals surface area contributed by atoms with E-state index in [4.69, 9.17) is 4.74 Å². The van der Waals surface area contributed by atoms with Crippen molar-refractivity contribution in [2.24, 2.45) is 11.8 Å². The first kappa shape index (κ1) is 15.3. The Balaban J connectivity index is 2.28. The van der Waals surface area contributed by atoms with Crippen LogP contribution in [0.15, 0.2) is 0 Å². The van der Waals surface area contributed by atoms with Gasteiger partial charge < -0.3 is 15.4 Å². The highest BCUT2D eigenvalue weighted by molar-refractivity contribution is 5.67. The maximum Gasteiger partial charge on any atom is 0.407 e. The number of carbonyl (C=O) groups is 1. The number of alkyl carbamates (subject to hydrolysis) is 1. The van der Waals surface area contributed by atoms with Gasteiger partial charge in [-0.15, -0.1) is 0 Å². The Morgan fingerprint density at radius 1 is 1.44 bits per heavy atom. The molecule has 1 amide bonds. The van der Waals surface area contributed by atoms with Crippen molar-refractivity contribution in [3.05, 3.63) is 0 Å². The molecule has 0 spiro atoms. The fourth-order valence-electron chi connectivity index (χ4n) is 2.27. The summed E-state index contributed by atoms with van der Waals surface area (Å²) in [6.45, 7) is 11.9. The molecule has 4 nitrogen and oxygen atoms in total. The minimum Gasteiger partial charge on any atom is -0.444 e. The monoisotopic (exact) mass is 256 g/mol. The molecule has 2 unspecified atom stereocenters. The van der Waals surface area contributed by atoms with Gasteiger partial charge in [0.1, 0.15) is 5.60 Å². The normalized spacial score (nSPS) is 25.0. The van der Waals surface area contributed by atoms with E-state index in [0.29, 0.717) is 17.9 Å². The van der Waals surface area contributed by atoms with Gasteiger partial charge in [0.25, 0.3) is 0 Å². The van der Waals surface area contributed by atoms with E-state index in [1.807, 2.05) is 20.8 Å². The molecule has 1 rings (SSSR count). The zero-order valence-corrected chi connectivity index (χ0v) is 12.4. The highest BCUT2D eigenvalue weighted by Crippen LogP contribution is 2.20. The minimum absolute atomic E-state index is 0.304. The van der Waals surface area contributed by atoms with E-state index in [0.717, 1.165) is 25.9 Å². The third-order valence-electron chi connectivity index (χ3n) is 3.29. The Kier molecular flexibility index (Phi) is 5.45. The molecule has 1 fully saturated rings. The maximum absolute atomic E-state index is 11.6. The predicted molar refractivity (Wildman–Crippen MR) is 73.6 cm³/mol. The van der Waals surface area contributed by atoms with Crippen LogP contribution in [0.25, 0.3) is 0 Å². The van der Waals surface area contributed by atoms with E-state index >= 15 is 0 Å². The highest BCUT2D eigenvalue weighted by atomic mass is 16.6. The Morgan fingerprint density at radius 2 is 2.11 bits per heavy atom. The molecule has 0 aromatic heterocycles. The summed E-state index contributed by atoms with van der Waals surface area (Å²) in [5, 5.41) is 6.41. The van der Waals surface area contributed by atoms with Crippen LogP contribution in [-0.4, -0.2) is 30.8 Å². The predicted octanol–water partition coefficient (Wildman–Crippen LogP) is 2.54. The molecule has 0 aliphatic carbocycles. The molecule has 18 heavy (non-hydrogen) atoms. The van der Waals surface area contributed by atoms with Crippen LogP contribution >= 0.6 is 0 Å². The lowest BCUT2D eigenvalue weighted by molar-refractivity contribution is 0.0513. The molecule has 2 N–H and O–H groups in total. The first-order chi connectivity index (χ1) is 8.28. The summed E-state index contributed by atoms with van der Waals surface area (Å²) in [5.41, 5.74) is -0.418. The van der Waals surface area contributed by atoms with Crippen molar-refractivity contribution in [2.75, 3.05) is 13.1 Å². The van der Waals surface area contributed by atoms with E-state index in [9.17, 15) is 4.79 Å². The standard InChI is InChI=1S/C14H28N2O2/c1-10(2)12-8-11(6-7-15-12)9-16-13(17)18-14(3,4)5/h10-12,15H,6-9H2,1-5H3,(H,16,17). The van der Waals surface area contributed by atoms with Crippen LogP contribution in [0.3, 0.4) is 0 Å². The van der Waals surface area contributed by atoms with Crippen LogP contribution < -0.4 is 10.6 Å². The molecule has 106 valence electrons. The van der Waals surface area contributed by atoms with Crippen molar-refractivity contribution in [3.8, 4) is 0 Å². The SMILES string of the molecule is CC(C)C1CC(CNC(=O)OC(C)(C)C)CCN1. The maximum atomic E-state index is 11.6. The van der Waals surface area contributed by atoms with Gasteiger partial charge in [-0.3, -0.25) is 0 Å². The van der Waals surface area contributed by atoms with Gasteiger partial charge in [0.15, 0.2) is 0 Å². The van der Waals surface area contributed by atoms with Crippen LogP contribution in [0.4, 0.5) is 4.79 Å². The second-order valence-electron chi connectivity index (χ2n) is 6.58. The molecule has 0 radical (unpaired) electrons. The fraction of sp³-hybridized carbons (Fsp3) is 0.929. The minimum atomic E-state index is -0.418. The first-order valence-electron chi connectivity index (χ1n) is 6.98. The molecule has 0 bridgehead atoms. The van der Waals surface area contributed by atoms with Crippen LogP contribution in [0.2, 0.25) is 0 Å². The Hall–Kier alpha value is -0.770. The summed E-state index contributed by atoms with van der Waals surface area (Å²) in [6.07, 6.45) is 1.95. The highest BCUT2D eigenvalue weighted by Gasteiger charge is 2.24. The number of carbonyl (C=O) groups excluding carboxylic acids is 1. The lowest BCUT2D eigenvalue weighted by Crippen LogP contribution is -2.45. The average molecular weight is 256 g/mol. The van der Waals surface area contributed by atoms with Crippen LogP contribution in [0, 0.1) is 11.8 Å². The number of piperidine rings is 1. The van der Waals surface area contributed by atoms with Gasteiger partial charge in [0.2, 0.25) is 0 Å². The third-order valence-corrected chi connectivity index (χ3v) is 3.29. The largest absolute Gasteiger partial charge is 0.444 e. The van der Waals surface area contributed by atoms with E-state index in [1.54, 1.807) is 0 Å². The molecule has 1 aliphatic rings. The second kappa shape index (κ2) is 6.41. The van der Waals surface area contributed by atoms with Gasteiger partial charge >= 0.3 is 6.09 Å². The number of nitrogens with one attached hydrogen (secondary N) is 2. The van der Waals surface area contributed by atoms with Crippen molar-refractivity contribution >= 4 is 6.09 Å². The molecular weight excluding hydrogens is 228 g/mol. The number of amides is 1. The Bertz CT molecular complexity index is 271. The smallest absolute Gasteiger partial charge is 0.407 e. The van der Waals surface area contributed by atoms with E-state index in [2.05, 4.69) is 24.5 Å². The average Bonchev–Trinajstić information content (AvgIpc) is 2.24. The van der Waals surface area contributed by atoms with Crippen molar-refractivity contribution in [2.45, 2.75) is 59.1 Å². The summed E-state index contributed by atoms with van der Waals surface area (Å²) in [7, 11) is 0. The summed E-state index contributed by atoms with van der Waals surface area (Å²) in [5.74, 6) is 1.21. The van der Waals surface area contributed by atoms with Crippen LogP contribution in [0.5, 0.6) is 0 Å². The van der Waals surface area contributed by atoms with Crippen LogP contribution in [-0.2, 0) is 4.74 Å². The molecule has 2 atom stereocenters. The summed E-state index contributed by atoms with van der Waals surface area (Å²) in [6, 6.07) is 0.573. The van der Waals surface area contributed by atoms with Gasteiger partial charge in [-0.05, 0) is 52.0 Å². The van der Waals surface area contributed by atoms with Gasteiger partial charge in [0.05, 0.1) is 0 Å². The summed E-state index contributed by atoms with van der Waals surface area (Å²) < 4.78 is 5.24. The number of rotatable bonds is 3. The van der Waals surface area contributed by atoms with Crippen molar-refractivity contribution in [3.63, 3.8) is 0 Å². The molecule has 0 aromatic carbocycles. The molecule has 4 heteroatoms. The number of hydrogen-bond acceptors (Lipinski definition) is 3. The topological polar surface area (TPSA) is 50.4 Å². The third kappa shape index (κ3) is 5.71. The summed E-state index contributed by atoms with van der Waals surface area (Å²) >= 11 is 0. The zero-order valence-electron chi connectivity index (χ0n) is 12.4. The van der Waals surface area contributed by atoms with E-state index in [1.165, 1.54) is 0 Å². The van der Waals surface area contributed by atoms with Crippen molar-refractivity contribution < 1.29 is 9.53 Å². The second-order valence-corrected chi connectivity index (χ2v) is 6.58. The number of ether oxygens (including phenoxy) is 1. The van der Waals surface area contributed by atoms with Gasteiger partial charge in [-0.25, -0.2) is 4.79 Å². The number of hydrogen-bond donors (Lipinski definition) is 2. The quantitative estimate of drug-likeness (QED) is 0.816. The molecular formula is C14H28N2O2. The Morgan fingerprint density at radius 3 is 2.67 bits per heavy atom. The lowest BCUT2D eigenvalue weighted by atomic mass is 9.87. The molecule has 1 heterocycles.